The van der Waals surface area contributed by atoms with E-state index in [1.807, 2.05) is 19.9 Å². The Labute approximate surface area is 136 Å². The molecule has 0 aromatic heterocycles. The highest BCUT2D eigenvalue weighted by Gasteiger charge is 2.42. The number of hydrogen-bond acceptors (Lipinski definition) is 3. The summed E-state index contributed by atoms with van der Waals surface area (Å²) in [4.78, 5) is 47.5. The van der Waals surface area contributed by atoms with Crippen LogP contribution >= 0.6 is 15.2 Å². The second-order valence-corrected chi connectivity index (χ2v) is 9.56. The normalized spacial score (nSPS) is 13.1. The highest BCUT2D eigenvalue weighted by atomic mass is 31.2. The summed E-state index contributed by atoms with van der Waals surface area (Å²) >= 11 is 0. The van der Waals surface area contributed by atoms with Crippen LogP contribution < -0.4 is 5.32 Å². The van der Waals surface area contributed by atoms with E-state index < -0.39 is 32.9 Å². The van der Waals surface area contributed by atoms with Gasteiger partial charge in [0.2, 0.25) is 5.91 Å². The van der Waals surface area contributed by atoms with E-state index in [1.54, 1.807) is 6.92 Å². The highest BCUT2D eigenvalue weighted by molar-refractivity contribution is 7.70. The van der Waals surface area contributed by atoms with Crippen molar-refractivity contribution in [3.8, 4) is 0 Å². The van der Waals surface area contributed by atoms with Crippen molar-refractivity contribution >= 4 is 21.1 Å². The Kier molecular flexibility index (Phi) is 9.21. The Morgan fingerprint density at radius 1 is 1.09 bits per heavy atom. The van der Waals surface area contributed by atoms with Crippen LogP contribution in [0.15, 0.2) is 23.3 Å². The van der Waals surface area contributed by atoms with Gasteiger partial charge in [0.1, 0.15) is 0 Å². The van der Waals surface area contributed by atoms with Crippen LogP contribution in [-0.2, 0) is 13.9 Å². The molecule has 0 aliphatic carbocycles. The molecule has 0 unspecified atom stereocenters. The third kappa shape index (κ3) is 10.6. The van der Waals surface area contributed by atoms with E-state index in [0.29, 0.717) is 6.42 Å². The smallest absolute Gasteiger partial charge is 0.340 e. The van der Waals surface area contributed by atoms with Gasteiger partial charge in [-0.25, -0.2) is 0 Å². The number of allylic oxidation sites excluding steroid dienone is 3. The number of rotatable bonds is 9. The summed E-state index contributed by atoms with van der Waals surface area (Å²) in [5.41, 5.74) is 2.02. The number of carbonyl (C=O) groups is 1. The van der Waals surface area contributed by atoms with Gasteiger partial charge in [-0.2, -0.15) is 0 Å². The minimum atomic E-state index is -4.95. The molecule has 1 amide bonds. The third-order valence-electron chi connectivity index (χ3n) is 2.95. The number of hydrogen-bond donors (Lipinski definition) is 5. The molecule has 0 fully saturated rings. The van der Waals surface area contributed by atoms with E-state index in [-0.39, 0.29) is 6.54 Å². The molecule has 0 rings (SSSR count). The molecule has 8 nitrogen and oxygen atoms in total. The maximum Gasteiger partial charge on any atom is 0.340 e. The SMILES string of the molecule is CC(C)=CCC/C(C)=C/C(=O)NCCC(P(=O)(O)O)P(=O)(O)O. The molecule has 0 radical (unpaired) electrons. The summed E-state index contributed by atoms with van der Waals surface area (Å²) < 4.78 is 22.2. The third-order valence-corrected chi connectivity index (χ3v) is 6.82. The van der Waals surface area contributed by atoms with Crippen molar-refractivity contribution in [3.05, 3.63) is 23.3 Å². The largest absolute Gasteiger partial charge is 0.353 e. The molecular weight excluding hydrogens is 344 g/mol. The van der Waals surface area contributed by atoms with Crippen molar-refractivity contribution in [1.82, 2.24) is 5.32 Å². The molecule has 23 heavy (non-hydrogen) atoms. The standard InChI is InChI=1S/C13H25NO7P2/c1-10(2)5-4-6-11(3)9-12(15)14-8-7-13(22(16,17)18)23(19,20)21/h5,9,13H,4,6-8H2,1-3H3,(H,14,15)(H2,16,17,18)(H2,19,20,21)/b11-9+. The van der Waals surface area contributed by atoms with Crippen molar-refractivity contribution in [2.24, 2.45) is 0 Å². The zero-order chi connectivity index (χ0) is 18.3. The van der Waals surface area contributed by atoms with Crippen molar-refractivity contribution in [2.75, 3.05) is 6.54 Å². The fourth-order valence-electron chi connectivity index (χ4n) is 1.79. The van der Waals surface area contributed by atoms with E-state index in [0.717, 1.165) is 12.0 Å². The molecule has 0 aromatic rings. The van der Waals surface area contributed by atoms with Crippen LogP contribution in [0.4, 0.5) is 0 Å². The molecule has 0 atom stereocenters. The molecule has 0 aliphatic heterocycles. The van der Waals surface area contributed by atoms with Crippen LogP contribution in [0.2, 0.25) is 0 Å². The van der Waals surface area contributed by atoms with Crippen molar-refractivity contribution in [3.63, 3.8) is 0 Å². The summed E-state index contributed by atoms with van der Waals surface area (Å²) in [5.74, 6) is -0.463. The van der Waals surface area contributed by atoms with Crippen molar-refractivity contribution < 1.29 is 33.5 Å². The average Bonchev–Trinajstić information content (AvgIpc) is 2.30. The Hall–Kier alpha value is -0.750. The summed E-state index contributed by atoms with van der Waals surface area (Å²) in [7, 11) is -9.89. The second-order valence-electron chi connectivity index (χ2n) is 5.55. The molecule has 0 aromatic carbocycles. The lowest BCUT2D eigenvalue weighted by Gasteiger charge is -2.19. The molecule has 10 heteroatoms. The van der Waals surface area contributed by atoms with Crippen LogP contribution in [0.3, 0.4) is 0 Å². The number of amides is 1. The Morgan fingerprint density at radius 3 is 2.04 bits per heavy atom. The van der Waals surface area contributed by atoms with Crippen LogP contribution in [0.25, 0.3) is 0 Å². The lowest BCUT2D eigenvalue weighted by atomic mass is 10.1. The molecule has 5 N–H and O–H groups in total. The van der Waals surface area contributed by atoms with Gasteiger partial charge in [-0.3, -0.25) is 13.9 Å². The Morgan fingerprint density at radius 2 is 1.61 bits per heavy atom. The molecule has 134 valence electrons. The maximum atomic E-state index is 11.6. The van der Waals surface area contributed by atoms with Crippen LogP contribution in [0, 0.1) is 0 Å². The fraction of sp³-hybridized carbons (Fsp3) is 0.615. The first kappa shape index (κ1) is 22.2. The van der Waals surface area contributed by atoms with Crippen LogP contribution in [0.1, 0.15) is 40.0 Å². The first-order valence-electron chi connectivity index (χ1n) is 7.03. The van der Waals surface area contributed by atoms with E-state index in [9.17, 15) is 13.9 Å². The topological polar surface area (TPSA) is 144 Å². The molecule has 0 spiro atoms. The number of nitrogens with one attached hydrogen (secondary N) is 1. The predicted octanol–water partition coefficient (Wildman–Crippen LogP) is 1.87. The van der Waals surface area contributed by atoms with E-state index in [2.05, 4.69) is 5.32 Å². The molecular formula is C13H25NO7P2. The zero-order valence-corrected chi connectivity index (χ0v) is 15.3. The Bertz CT molecular complexity index is 533. The van der Waals surface area contributed by atoms with Crippen molar-refractivity contribution in [2.45, 2.75) is 45.4 Å². The summed E-state index contributed by atoms with van der Waals surface area (Å²) in [6.45, 7) is 5.50. The van der Waals surface area contributed by atoms with Gasteiger partial charge in [0.15, 0.2) is 5.40 Å². The summed E-state index contributed by atoms with van der Waals surface area (Å²) in [6.07, 6.45) is 4.40. The minimum Gasteiger partial charge on any atom is -0.353 e. The van der Waals surface area contributed by atoms with E-state index in [4.69, 9.17) is 19.6 Å². The van der Waals surface area contributed by atoms with Gasteiger partial charge in [0.25, 0.3) is 0 Å². The van der Waals surface area contributed by atoms with Gasteiger partial charge in [0.05, 0.1) is 0 Å². The lowest BCUT2D eigenvalue weighted by Crippen LogP contribution is -2.26. The predicted molar refractivity (Wildman–Crippen MR) is 87.9 cm³/mol. The zero-order valence-electron chi connectivity index (χ0n) is 13.5. The first-order valence-corrected chi connectivity index (χ1v) is 10.4. The average molecular weight is 369 g/mol. The van der Waals surface area contributed by atoms with E-state index in [1.165, 1.54) is 11.6 Å². The molecule has 0 saturated heterocycles. The van der Waals surface area contributed by atoms with Gasteiger partial charge in [-0.1, -0.05) is 17.2 Å². The second kappa shape index (κ2) is 9.52. The van der Waals surface area contributed by atoms with Gasteiger partial charge >= 0.3 is 15.2 Å². The van der Waals surface area contributed by atoms with Crippen molar-refractivity contribution in [1.29, 1.82) is 0 Å². The highest BCUT2D eigenvalue weighted by Crippen LogP contribution is 2.61. The lowest BCUT2D eigenvalue weighted by molar-refractivity contribution is -0.116. The number of carbonyl (C=O) groups excluding carboxylic acids is 1. The van der Waals surface area contributed by atoms with Gasteiger partial charge in [-0.05, 0) is 40.0 Å². The van der Waals surface area contributed by atoms with Gasteiger partial charge < -0.3 is 24.9 Å². The fourth-order valence-corrected chi connectivity index (χ4v) is 4.29. The summed E-state index contributed by atoms with van der Waals surface area (Å²) in [5, 5.41) is 0.271. The van der Waals surface area contributed by atoms with Gasteiger partial charge in [-0.15, -0.1) is 0 Å². The van der Waals surface area contributed by atoms with E-state index >= 15 is 0 Å². The first-order chi connectivity index (χ1) is 10.3. The molecule has 0 bridgehead atoms. The minimum absolute atomic E-state index is 0.239. The maximum absolute atomic E-state index is 11.6. The van der Waals surface area contributed by atoms with Crippen LogP contribution in [0.5, 0.6) is 0 Å². The van der Waals surface area contributed by atoms with Gasteiger partial charge in [0, 0.05) is 12.6 Å². The molecule has 0 aliphatic rings. The quantitative estimate of drug-likeness (QED) is 0.237. The Balaban J connectivity index is 4.46. The molecule has 0 saturated carbocycles. The molecule has 0 heterocycles. The van der Waals surface area contributed by atoms with Crippen LogP contribution in [-0.4, -0.2) is 37.4 Å². The monoisotopic (exact) mass is 369 g/mol. The summed E-state index contributed by atoms with van der Waals surface area (Å²) in [6, 6.07) is 0.